The van der Waals surface area contributed by atoms with Gasteiger partial charge >= 0.3 is 0 Å². The van der Waals surface area contributed by atoms with Crippen LogP contribution in [0.2, 0.25) is 5.02 Å². The molecule has 1 aliphatic carbocycles. The Morgan fingerprint density at radius 2 is 2.02 bits per heavy atom. The SMILES string of the molecule is CC(N)=NCC[C@@H]1CSC[C@@H](c2ccc(N3C=c4cc(-c5cc(CCC[C@@H](N)C6CC6)cc(Cl)c5F)[nH]c4=NC3O)cc2)N1. The first-order valence-corrected chi connectivity index (χ1v) is 17.0. The van der Waals surface area contributed by atoms with Crippen LogP contribution in [-0.2, 0) is 6.42 Å². The van der Waals surface area contributed by atoms with Crippen molar-refractivity contribution in [1.29, 1.82) is 0 Å². The quantitative estimate of drug-likeness (QED) is 0.158. The minimum Gasteiger partial charge on any atom is -0.388 e. The first-order valence-electron chi connectivity index (χ1n) is 15.4. The number of aliphatic imine (C=N–C) groups is 1. The van der Waals surface area contributed by atoms with E-state index in [1.54, 1.807) is 11.0 Å². The lowest BCUT2D eigenvalue weighted by Gasteiger charge is -2.31. The van der Waals surface area contributed by atoms with Crippen molar-refractivity contribution >= 4 is 41.1 Å². The number of amidine groups is 1. The zero-order chi connectivity index (χ0) is 30.8. The molecule has 44 heavy (non-hydrogen) atoms. The molecule has 1 saturated heterocycles. The summed E-state index contributed by atoms with van der Waals surface area (Å²) in [5, 5.41) is 15.5. The third-order valence-corrected chi connectivity index (χ3v) is 10.2. The number of benzene rings is 2. The van der Waals surface area contributed by atoms with Gasteiger partial charge in [0.2, 0.25) is 6.35 Å². The fourth-order valence-corrected chi connectivity index (χ4v) is 7.49. The molecule has 3 aliphatic rings. The first kappa shape index (κ1) is 31.1. The summed E-state index contributed by atoms with van der Waals surface area (Å²) in [5.41, 5.74) is 16.4. The molecular formula is C33H41ClFN7OS. The maximum atomic E-state index is 15.2. The zero-order valence-electron chi connectivity index (χ0n) is 25.0. The van der Waals surface area contributed by atoms with E-state index in [2.05, 4.69) is 32.4 Å². The Morgan fingerprint density at radius 3 is 2.77 bits per heavy atom. The number of thioether (sulfide) groups is 1. The maximum absolute atomic E-state index is 15.2. The van der Waals surface area contributed by atoms with E-state index < -0.39 is 12.2 Å². The van der Waals surface area contributed by atoms with E-state index in [1.165, 1.54) is 18.4 Å². The number of aromatic amines is 1. The standard InChI is InChI=1S/C33H41ClFN7OS/c1-19(36)38-12-11-24-17-44-18-30(39-24)22-7-9-25(10-8-22)42-16-23-15-29(40-32(23)41-33(42)43)26-13-20(14-27(34)31(26)35)3-2-4-28(37)21-5-6-21/h7-10,13-16,21,24,28,30,33,39,43H,2-6,11-12,17-18,37H2,1H3,(H2,36,38)(H,40,41)/t24-,28-,30+,33?/m1/s1. The number of hydrogen-bond donors (Lipinski definition) is 5. The summed E-state index contributed by atoms with van der Waals surface area (Å²) in [6, 6.07) is 14.5. The molecule has 8 nitrogen and oxygen atoms in total. The van der Waals surface area contributed by atoms with E-state index in [0.717, 1.165) is 60.2 Å². The smallest absolute Gasteiger partial charge is 0.231 e. The molecule has 2 fully saturated rings. The van der Waals surface area contributed by atoms with Crippen molar-refractivity contribution in [3.63, 3.8) is 0 Å². The molecule has 2 aliphatic heterocycles. The third kappa shape index (κ3) is 7.32. The number of hydrogen-bond acceptors (Lipinski definition) is 7. The number of fused-ring (bicyclic) bond motifs is 1. The summed E-state index contributed by atoms with van der Waals surface area (Å²) < 4.78 is 15.2. The predicted molar refractivity (Wildman–Crippen MR) is 179 cm³/mol. The number of halogens is 2. The maximum Gasteiger partial charge on any atom is 0.231 e. The number of nitrogens with zero attached hydrogens (tertiary/aromatic N) is 3. The number of anilines is 1. The van der Waals surface area contributed by atoms with Gasteiger partial charge in [0.25, 0.3) is 0 Å². The molecule has 1 saturated carbocycles. The molecule has 0 bridgehead atoms. The molecule has 0 radical (unpaired) electrons. The van der Waals surface area contributed by atoms with Gasteiger partial charge in [-0.25, -0.2) is 9.38 Å². The summed E-state index contributed by atoms with van der Waals surface area (Å²) >= 11 is 8.27. The van der Waals surface area contributed by atoms with Gasteiger partial charge < -0.3 is 31.8 Å². The normalized spacial score (nSPS) is 22.7. The molecule has 234 valence electrons. The van der Waals surface area contributed by atoms with Gasteiger partial charge in [0.05, 0.1) is 16.6 Å². The molecule has 4 atom stereocenters. The van der Waals surface area contributed by atoms with Crippen molar-refractivity contribution in [3.05, 3.63) is 75.1 Å². The number of aromatic nitrogens is 1. The monoisotopic (exact) mass is 637 g/mol. The van der Waals surface area contributed by atoms with E-state index >= 15 is 4.39 Å². The highest BCUT2D eigenvalue weighted by atomic mass is 35.5. The Labute approximate surface area is 266 Å². The van der Waals surface area contributed by atoms with E-state index in [1.807, 2.05) is 49.2 Å². The van der Waals surface area contributed by atoms with Crippen LogP contribution in [0.4, 0.5) is 10.1 Å². The van der Waals surface area contributed by atoms with Crippen LogP contribution >= 0.6 is 23.4 Å². The Hall–Kier alpha value is -2.89. The highest BCUT2D eigenvalue weighted by molar-refractivity contribution is 7.99. The second-order valence-corrected chi connectivity index (χ2v) is 13.7. The van der Waals surface area contributed by atoms with Crippen LogP contribution in [0, 0.1) is 11.7 Å². The second kappa shape index (κ2) is 13.6. The van der Waals surface area contributed by atoms with Gasteiger partial charge in [0, 0.05) is 58.8 Å². The largest absolute Gasteiger partial charge is 0.388 e. The van der Waals surface area contributed by atoms with E-state index in [-0.39, 0.29) is 17.1 Å². The average Bonchev–Trinajstić information content (AvgIpc) is 3.78. The van der Waals surface area contributed by atoms with Crippen molar-refractivity contribution in [2.45, 2.75) is 69.9 Å². The topological polar surface area (TPSA) is 128 Å². The van der Waals surface area contributed by atoms with Gasteiger partial charge in [-0.1, -0.05) is 23.7 Å². The molecule has 0 amide bonds. The Balaban J connectivity index is 1.16. The van der Waals surface area contributed by atoms with Crippen LogP contribution < -0.4 is 32.4 Å². The van der Waals surface area contributed by atoms with Gasteiger partial charge in [-0.2, -0.15) is 11.8 Å². The molecule has 3 heterocycles. The molecular weight excluding hydrogens is 597 g/mol. The summed E-state index contributed by atoms with van der Waals surface area (Å²) in [7, 11) is 0. The molecule has 3 aromatic rings. The van der Waals surface area contributed by atoms with Crippen LogP contribution in [0.3, 0.4) is 0 Å². The summed E-state index contributed by atoms with van der Waals surface area (Å²) in [6.07, 6.45) is 6.81. The van der Waals surface area contributed by atoms with E-state index in [0.29, 0.717) is 34.5 Å². The highest BCUT2D eigenvalue weighted by Crippen LogP contribution is 2.34. The number of aliphatic hydroxyl groups excluding tert-OH is 1. The lowest BCUT2D eigenvalue weighted by Crippen LogP contribution is -2.41. The number of aliphatic hydroxyl groups is 1. The van der Waals surface area contributed by atoms with Gasteiger partial charge in [0.15, 0.2) is 5.82 Å². The van der Waals surface area contributed by atoms with Crippen LogP contribution in [0.25, 0.3) is 17.5 Å². The Morgan fingerprint density at radius 1 is 1.23 bits per heavy atom. The van der Waals surface area contributed by atoms with Crippen LogP contribution in [0.5, 0.6) is 0 Å². The lowest BCUT2D eigenvalue weighted by molar-refractivity contribution is 0.186. The fraction of sp³-hybridized carbons (Fsp3) is 0.455. The zero-order valence-corrected chi connectivity index (χ0v) is 26.5. The van der Waals surface area contributed by atoms with E-state index in [4.69, 9.17) is 23.1 Å². The highest BCUT2D eigenvalue weighted by Gasteiger charge is 2.28. The van der Waals surface area contributed by atoms with Gasteiger partial charge in [-0.3, -0.25) is 4.99 Å². The van der Waals surface area contributed by atoms with Gasteiger partial charge in [0.1, 0.15) is 5.49 Å². The van der Waals surface area contributed by atoms with Gasteiger partial charge in [-0.15, -0.1) is 0 Å². The van der Waals surface area contributed by atoms with Crippen LogP contribution in [-0.4, -0.2) is 52.4 Å². The molecule has 1 unspecified atom stereocenters. The molecule has 1 aromatic heterocycles. The Bertz CT molecular complexity index is 1620. The summed E-state index contributed by atoms with van der Waals surface area (Å²) in [6.45, 7) is 2.54. The molecule has 0 spiro atoms. The molecule has 2 aromatic carbocycles. The second-order valence-electron chi connectivity index (χ2n) is 12.2. The van der Waals surface area contributed by atoms with E-state index in [9.17, 15) is 5.11 Å². The number of nitrogens with two attached hydrogens (primary N) is 2. The number of nitrogens with one attached hydrogen (secondary N) is 2. The van der Waals surface area contributed by atoms with Crippen LogP contribution in [0.1, 0.15) is 56.2 Å². The van der Waals surface area contributed by atoms with Crippen molar-refractivity contribution in [3.8, 4) is 11.3 Å². The molecule has 11 heteroatoms. The fourth-order valence-electron chi connectivity index (χ4n) is 6.04. The van der Waals surface area contributed by atoms with Crippen molar-refractivity contribution in [2.24, 2.45) is 27.4 Å². The van der Waals surface area contributed by atoms with Crippen molar-refractivity contribution < 1.29 is 9.50 Å². The minimum absolute atomic E-state index is 0.0931. The van der Waals surface area contributed by atoms with Crippen molar-refractivity contribution in [2.75, 3.05) is 23.0 Å². The lowest BCUT2D eigenvalue weighted by atomic mass is 10.00. The average molecular weight is 638 g/mol. The number of rotatable bonds is 11. The minimum atomic E-state index is -1.12. The molecule has 7 N–H and O–H groups in total. The van der Waals surface area contributed by atoms with Gasteiger partial charge in [-0.05, 0) is 92.8 Å². The van der Waals surface area contributed by atoms with Crippen LogP contribution in [0.15, 0.2) is 52.4 Å². The first-order chi connectivity index (χ1) is 21.2. The summed E-state index contributed by atoms with van der Waals surface area (Å²) in [4.78, 5) is 13.7. The molecule has 6 rings (SSSR count). The predicted octanol–water partition coefficient (Wildman–Crippen LogP) is 4.20. The Kier molecular flexibility index (Phi) is 9.63. The number of H-pyrrole nitrogens is 1. The third-order valence-electron chi connectivity index (χ3n) is 8.68. The summed E-state index contributed by atoms with van der Waals surface area (Å²) in [5.74, 6) is 2.86. The number of aryl methyl sites for hydroxylation is 1. The van der Waals surface area contributed by atoms with Crippen molar-refractivity contribution in [1.82, 2.24) is 10.3 Å².